The van der Waals surface area contributed by atoms with Crippen molar-refractivity contribution in [1.82, 2.24) is 4.31 Å². The highest BCUT2D eigenvalue weighted by atomic mass is 32.2. The molecule has 0 spiro atoms. The Bertz CT molecular complexity index is 1150. The average Bonchev–Trinajstić information content (AvgIpc) is 3.25. The van der Waals surface area contributed by atoms with Gasteiger partial charge >= 0.3 is 0 Å². The highest BCUT2D eigenvalue weighted by Crippen LogP contribution is 2.35. The van der Waals surface area contributed by atoms with Crippen LogP contribution in [-0.2, 0) is 14.8 Å². The van der Waals surface area contributed by atoms with Crippen LogP contribution in [0.4, 0.5) is 11.4 Å². The van der Waals surface area contributed by atoms with Crippen molar-refractivity contribution in [2.24, 2.45) is 0 Å². The summed E-state index contributed by atoms with van der Waals surface area (Å²) in [4.78, 5) is 23.5. The summed E-state index contributed by atoms with van der Waals surface area (Å²) in [7, 11) is -3.96. The number of fused-ring (bicyclic) bond motifs is 1. The molecule has 164 valence electrons. The zero-order valence-electron chi connectivity index (χ0n) is 16.7. The Morgan fingerprint density at radius 2 is 1.90 bits per heavy atom. The molecular weight excluding hydrogens is 426 g/mol. The van der Waals surface area contributed by atoms with Crippen molar-refractivity contribution in [3.63, 3.8) is 0 Å². The van der Waals surface area contributed by atoms with Crippen LogP contribution in [0, 0.1) is 17.0 Å². The Balaban J connectivity index is 1.56. The van der Waals surface area contributed by atoms with Gasteiger partial charge in [-0.25, -0.2) is 8.42 Å². The van der Waals surface area contributed by atoms with Gasteiger partial charge in [-0.2, -0.15) is 4.31 Å². The van der Waals surface area contributed by atoms with Crippen molar-refractivity contribution >= 4 is 27.3 Å². The Morgan fingerprint density at radius 3 is 2.65 bits per heavy atom. The standard InChI is InChI=1S/C20H21N3O7S/c1-13-4-5-14(11-17(13)23(25)26)21-20(24)16-3-2-8-22(16)31(27,28)15-6-7-18-19(12-15)30-10-9-29-18/h4-7,11-12,16H,2-3,8-10H2,1H3,(H,21,24)/t16-/m1/s1. The van der Waals surface area contributed by atoms with Gasteiger partial charge in [0, 0.05) is 29.9 Å². The van der Waals surface area contributed by atoms with E-state index in [-0.39, 0.29) is 22.8 Å². The second kappa shape index (κ2) is 8.16. The number of nitrogens with one attached hydrogen (secondary N) is 1. The van der Waals surface area contributed by atoms with Crippen molar-refractivity contribution in [1.29, 1.82) is 0 Å². The lowest BCUT2D eigenvalue weighted by Crippen LogP contribution is -2.43. The highest BCUT2D eigenvalue weighted by Gasteiger charge is 2.40. The molecule has 2 heterocycles. The number of carbonyl (C=O) groups is 1. The Labute approximate surface area is 179 Å². The zero-order chi connectivity index (χ0) is 22.2. The summed E-state index contributed by atoms with van der Waals surface area (Å²) in [6, 6.07) is 7.80. The molecule has 0 aliphatic carbocycles. The number of nitro groups is 1. The SMILES string of the molecule is Cc1ccc(NC(=O)[C@H]2CCCN2S(=O)(=O)c2ccc3c(c2)OCCO3)cc1[N+](=O)[O-]. The monoisotopic (exact) mass is 447 g/mol. The number of sulfonamides is 1. The van der Waals surface area contributed by atoms with E-state index in [1.54, 1.807) is 13.0 Å². The van der Waals surface area contributed by atoms with Gasteiger partial charge in [0.25, 0.3) is 5.69 Å². The number of rotatable bonds is 5. The minimum atomic E-state index is -3.96. The van der Waals surface area contributed by atoms with Crippen LogP contribution in [0.3, 0.4) is 0 Å². The number of anilines is 1. The Morgan fingerprint density at radius 1 is 1.16 bits per heavy atom. The van der Waals surface area contributed by atoms with Gasteiger partial charge < -0.3 is 14.8 Å². The molecule has 2 aliphatic rings. The quantitative estimate of drug-likeness (QED) is 0.551. The molecule has 2 aromatic rings. The van der Waals surface area contributed by atoms with E-state index in [0.29, 0.717) is 43.1 Å². The van der Waals surface area contributed by atoms with Crippen molar-refractivity contribution in [2.45, 2.75) is 30.7 Å². The molecule has 1 atom stereocenters. The van der Waals surface area contributed by atoms with Crippen molar-refractivity contribution in [3.8, 4) is 11.5 Å². The maximum Gasteiger partial charge on any atom is 0.274 e. The lowest BCUT2D eigenvalue weighted by Gasteiger charge is -2.24. The predicted molar refractivity (Wildman–Crippen MR) is 111 cm³/mol. The summed E-state index contributed by atoms with van der Waals surface area (Å²) < 4.78 is 38.5. The number of amides is 1. The molecule has 2 aliphatic heterocycles. The minimum absolute atomic E-state index is 0.0161. The van der Waals surface area contributed by atoms with E-state index < -0.39 is 26.9 Å². The van der Waals surface area contributed by atoms with Gasteiger partial charge in [0.2, 0.25) is 15.9 Å². The van der Waals surface area contributed by atoms with Crippen LogP contribution in [0.1, 0.15) is 18.4 Å². The van der Waals surface area contributed by atoms with Crippen LogP contribution in [0.25, 0.3) is 0 Å². The Kier molecular flexibility index (Phi) is 5.54. The third kappa shape index (κ3) is 4.06. The fraction of sp³-hybridized carbons (Fsp3) is 0.350. The summed E-state index contributed by atoms with van der Waals surface area (Å²) in [5.74, 6) is 0.290. The van der Waals surface area contributed by atoms with Crippen LogP contribution in [0.5, 0.6) is 11.5 Å². The van der Waals surface area contributed by atoms with E-state index in [0.717, 1.165) is 4.31 Å². The molecular formula is C20H21N3O7S. The molecule has 4 rings (SSSR count). The van der Waals surface area contributed by atoms with Gasteiger partial charge in [0.15, 0.2) is 11.5 Å². The molecule has 0 bridgehead atoms. The van der Waals surface area contributed by atoms with Crippen LogP contribution >= 0.6 is 0 Å². The molecule has 0 aromatic heterocycles. The first kappa shape index (κ1) is 21.1. The summed E-state index contributed by atoms with van der Waals surface area (Å²) in [6.07, 6.45) is 0.874. The van der Waals surface area contributed by atoms with Crippen molar-refractivity contribution < 1.29 is 27.6 Å². The number of hydrogen-bond donors (Lipinski definition) is 1. The van der Waals surface area contributed by atoms with E-state index in [4.69, 9.17) is 9.47 Å². The molecule has 10 nitrogen and oxygen atoms in total. The van der Waals surface area contributed by atoms with E-state index in [1.807, 2.05) is 0 Å². The molecule has 0 radical (unpaired) electrons. The fourth-order valence-electron chi connectivity index (χ4n) is 3.72. The van der Waals surface area contributed by atoms with Crippen LogP contribution in [0.2, 0.25) is 0 Å². The van der Waals surface area contributed by atoms with Gasteiger partial charge in [0.05, 0.1) is 9.82 Å². The van der Waals surface area contributed by atoms with Gasteiger partial charge in [-0.05, 0) is 38.0 Å². The Hall–Kier alpha value is -3.18. The first-order valence-electron chi connectivity index (χ1n) is 9.75. The topological polar surface area (TPSA) is 128 Å². The van der Waals surface area contributed by atoms with E-state index in [9.17, 15) is 23.3 Å². The molecule has 1 saturated heterocycles. The first-order valence-corrected chi connectivity index (χ1v) is 11.2. The number of benzene rings is 2. The van der Waals surface area contributed by atoms with Crippen LogP contribution in [-0.4, -0.2) is 49.4 Å². The first-order chi connectivity index (χ1) is 14.8. The smallest absolute Gasteiger partial charge is 0.274 e. The number of aryl methyl sites for hydroxylation is 1. The largest absolute Gasteiger partial charge is 0.486 e. The summed E-state index contributed by atoms with van der Waals surface area (Å²) in [6.45, 7) is 2.52. The summed E-state index contributed by atoms with van der Waals surface area (Å²) in [5, 5.41) is 13.8. The van der Waals surface area contributed by atoms with Crippen molar-refractivity contribution in [2.75, 3.05) is 25.1 Å². The van der Waals surface area contributed by atoms with Crippen LogP contribution < -0.4 is 14.8 Å². The molecule has 0 saturated carbocycles. The number of nitrogens with zero attached hydrogens (tertiary/aromatic N) is 2. The van der Waals surface area contributed by atoms with Gasteiger partial charge in [0.1, 0.15) is 19.3 Å². The lowest BCUT2D eigenvalue weighted by molar-refractivity contribution is -0.385. The molecule has 31 heavy (non-hydrogen) atoms. The van der Waals surface area contributed by atoms with E-state index in [1.165, 1.54) is 30.3 Å². The molecule has 1 fully saturated rings. The molecule has 0 unspecified atom stereocenters. The van der Waals surface area contributed by atoms with Gasteiger partial charge in [-0.3, -0.25) is 14.9 Å². The van der Waals surface area contributed by atoms with Crippen molar-refractivity contribution in [3.05, 3.63) is 52.1 Å². The number of ether oxygens (including phenoxy) is 2. The summed E-state index contributed by atoms with van der Waals surface area (Å²) in [5.41, 5.74) is 0.586. The normalized spacial score (nSPS) is 18.5. The van der Waals surface area contributed by atoms with Crippen LogP contribution in [0.15, 0.2) is 41.3 Å². The van der Waals surface area contributed by atoms with Gasteiger partial charge in [-0.15, -0.1) is 0 Å². The third-order valence-corrected chi connectivity index (χ3v) is 7.20. The predicted octanol–water partition coefficient (Wildman–Crippen LogP) is 2.47. The average molecular weight is 447 g/mol. The lowest BCUT2D eigenvalue weighted by atomic mass is 10.1. The third-order valence-electron chi connectivity index (χ3n) is 5.30. The maximum absolute atomic E-state index is 13.2. The second-order valence-electron chi connectivity index (χ2n) is 7.33. The molecule has 11 heteroatoms. The number of carbonyl (C=O) groups excluding carboxylic acids is 1. The van der Waals surface area contributed by atoms with E-state index in [2.05, 4.69) is 5.32 Å². The van der Waals surface area contributed by atoms with E-state index >= 15 is 0 Å². The minimum Gasteiger partial charge on any atom is -0.486 e. The zero-order valence-corrected chi connectivity index (χ0v) is 17.6. The number of nitro benzene ring substituents is 1. The number of hydrogen-bond acceptors (Lipinski definition) is 7. The maximum atomic E-state index is 13.2. The van der Waals surface area contributed by atoms with Gasteiger partial charge in [-0.1, -0.05) is 6.07 Å². The summed E-state index contributed by atoms with van der Waals surface area (Å²) >= 11 is 0. The second-order valence-corrected chi connectivity index (χ2v) is 9.22. The molecule has 1 amide bonds. The molecule has 1 N–H and O–H groups in total. The molecule has 2 aromatic carbocycles. The highest BCUT2D eigenvalue weighted by molar-refractivity contribution is 7.89. The fourth-order valence-corrected chi connectivity index (χ4v) is 5.39.